The van der Waals surface area contributed by atoms with Crippen molar-refractivity contribution < 1.29 is 46.9 Å². The molecule has 2 aromatic heterocycles. The lowest BCUT2D eigenvalue weighted by molar-refractivity contribution is -0.178. The van der Waals surface area contributed by atoms with E-state index in [9.17, 15) is 18.4 Å². The van der Waals surface area contributed by atoms with Gasteiger partial charge in [-0.25, -0.2) is 28.0 Å². The van der Waals surface area contributed by atoms with Crippen molar-refractivity contribution in [3.63, 3.8) is 0 Å². The smallest absolute Gasteiger partial charge is 0.355 e. The van der Waals surface area contributed by atoms with E-state index in [0.717, 1.165) is 0 Å². The van der Waals surface area contributed by atoms with Gasteiger partial charge in [0.05, 0.1) is 0 Å². The second-order valence-corrected chi connectivity index (χ2v) is 15.2. The number of halogens is 2. The summed E-state index contributed by atoms with van der Waals surface area (Å²) < 4.78 is 55.2. The number of hydrogen-bond donors (Lipinski definition) is 0. The highest BCUT2D eigenvalue weighted by molar-refractivity contribution is 5.95. The molecule has 0 amide bonds. The van der Waals surface area contributed by atoms with E-state index < -0.39 is 59.9 Å². The van der Waals surface area contributed by atoms with E-state index in [0.29, 0.717) is 33.4 Å². The molecule has 2 heterocycles. The van der Waals surface area contributed by atoms with Gasteiger partial charge in [-0.05, 0) is 81.9 Å². The molecular weight excluding hydrogens is 843 g/mol. The normalized spacial score (nSPS) is 12.0. The van der Waals surface area contributed by atoms with Gasteiger partial charge < -0.3 is 28.1 Å². The van der Waals surface area contributed by atoms with Crippen LogP contribution < -0.4 is 0 Å². The average Bonchev–Trinajstić information content (AvgIpc) is 4.03. The average molecular weight is 885 g/mol. The minimum Gasteiger partial charge on any atom is -0.450 e. The largest absolute Gasteiger partial charge is 0.450 e. The number of hydrogen-bond acceptors (Lipinski definition) is 8. The van der Waals surface area contributed by atoms with Crippen molar-refractivity contribution in [3.8, 4) is 0 Å². The molecule has 0 unspecified atom stereocenters. The van der Waals surface area contributed by atoms with Crippen LogP contribution in [0.2, 0.25) is 0 Å². The molecule has 0 fully saturated rings. The van der Waals surface area contributed by atoms with Gasteiger partial charge in [0.15, 0.2) is 12.2 Å². The van der Waals surface area contributed by atoms with Gasteiger partial charge in [-0.3, -0.25) is 0 Å². The van der Waals surface area contributed by atoms with Gasteiger partial charge in [0, 0.05) is 25.5 Å². The SMILES string of the molecule is O=C(O[C@@H](C(=O)OC(c1ccccc1)c1ccccc1)[C@@H](OC(=O)c1cccn1Cc1ccc(F)cc1)C(=O)OC(c1ccccc1)c1ccccc1)c1cccn1Cc1ccc(F)cc1. The zero-order valence-corrected chi connectivity index (χ0v) is 35.3. The summed E-state index contributed by atoms with van der Waals surface area (Å²) in [6.07, 6.45) is -3.48. The number of carbonyl (C=O) groups excluding carboxylic acids is 4. The van der Waals surface area contributed by atoms with Crippen molar-refractivity contribution in [3.05, 3.63) is 263 Å². The molecule has 8 rings (SSSR count). The van der Waals surface area contributed by atoms with Crippen molar-refractivity contribution >= 4 is 23.9 Å². The third kappa shape index (κ3) is 10.9. The maximum absolute atomic E-state index is 15.0. The third-order valence-corrected chi connectivity index (χ3v) is 10.7. The Kier molecular flexibility index (Phi) is 14.0. The van der Waals surface area contributed by atoms with Gasteiger partial charge >= 0.3 is 23.9 Å². The Labute approximate surface area is 379 Å². The Morgan fingerprint density at radius 3 is 0.985 bits per heavy atom. The quantitative estimate of drug-likeness (QED) is 0.0656. The van der Waals surface area contributed by atoms with E-state index in [2.05, 4.69) is 0 Å². The minimum absolute atomic E-state index is 0.0436. The maximum atomic E-state index is 15.0. The molecule has 6 aromatic carbocycles. The van der Waals surface area contributed by atoms with Crippen LogP contribution in [-0.2, 0) is 41.6 Å². The second kappa shape index (κ2) is 20.9. The summed E-state index contributed by atoms with van der Waals surface area (Å²) in [7, 11) is 0. The van der Waals surface area contributed by atoms with E-state index >= 15 is 9.59 Å². The molecule has 0 saturated heterocycles. The Morgan fingerprint density at radius 2 is 0.682 bits per heavy atom. The monoisotopic (exact) mass is 884 g/mol. The van der Waals surface area contributed by atoms with Crippen molar-refractivity contribution in [2.24, 2.45) is 0 Å². The van der Waals surface area contributed by atoms with Gasteiger partial charge in [0.25, 0.3) is 0 Å². The fraction of sp³-hybridized carbons (Fsp3) is 0.111. The van der Waals surface area contributed by atoms with Crippen LogP contribution in [0.3, 0.4) is 0 Å². The molecular formula is C54H42F2N2O8. The Hall–Kier alpha value is -8.38. The van der Waals surface area contributed by atoms with Crippen LogP contribution in [-0.4, -0.2) is 45.2 Å². The van der Waals surface area contributed by atoms with E-state index in [-0.39, 0.29) is 24.5 Å². The summed E-state index contributed by atoms with van der Waals surface area (Å²) in [5.74, 6) is -5.48. The topological polar surface area (TPSA) is 115 Å². The van der Waals surface area contributed by atoms with Crippen molar-refractivity contribution in [2.75, 3.05) is 0 Å². The number of benzene rings is 6. The second-order valence-electron chi connectivity index (χ2n) is 15.2. The van der Waals surface area contributed by atoms with Gasteiger partial charge in [0.2, 0.25) is 12.2 Å². The van der Waals surface area contributed by atoms with E-state index in [1.807, 2.05) is 0 Å². The molecule has 0 aliphatic carbocycles. The first-order valence-corrected chi connectivity index (χ1v) is 21.0. The molecule has 0 bridgehead atoms. The molecule has 0 saturated carbocycles. The first-order chi connectivity index (χ1) is 32.2. The first-order valence-electron chi connectivity index (χ1n) is 21.0. The van der Waals surface area contributed by atoms with Crippen molar-refractivity contribution in [1.29, 1.82) is 0 Å². The number of carbonyl (C=O) groups is 4. The van der Waals surface area contributed by atoms with Crippen LogP contribution in [0.4, 0.5) is 8.78 Å². The van der Waals surface area contributed by atoms with Crippen LogP contribution in [0.5, 0.6) is 0 Å². The Balaban J connectivity index is 1.21. The summed E-state index contributed by atoms with van der Waals surface area (Å²) in [6, 6.07) is 52.8. The summed E-state index contributed by atoms with van der Waals surface area (Å²) in [4.78, 5) is 59.0. The molecule has 0 spiro atoms. The zero-order chi connectivity index (χ0) is 45.8. The Morgan fingerprint density at radius 1 is 0.379 bits per heavy atom. The molecule has 66 heavy (non-hydrogen) atoms. The number of nitrogens with zero attached hydrogens (tertiary/aromatic N) is 2. The lowest BCUT2D eigenvalue weighted by atomic mass is 10.0. The van der Waals surface area contributed by atoms with Gasteiger partial charge in [0.1, 0.15) is 23.0 Å². The lowest BCUT2D eigenvalue weighted by Crippen LogP contribution is -2.48. The maximum Gasteiger partial charge on any atom is 0.355 e. The first kappa shape index (κ1) is 44.2. The van der Waals surface area contributed by atoms with Crippen molar-refractivity contribution in [2.45, 2.75) is 37.5 Å². The van der Waals surface area contributed by atoms with Crippen LogP contribution in [0.15, 0.2) is 207 Å². The van der Waals surface area contributed by atoms with E-state index in [4.69, 9.17) is 18.9 Å². The van der Waals surface area contributed by atoms with Gasteiger partial charge in [-0.1, -0.05) is 146 Å². The highest BCUT2D eigenvalue weighted by atomic mass is 19.1. The fourth-order valence-electron chi connectivity index (χ4n) is 7.40. The van der Waals surface area contributed by atoms with Crippen LogP contribution in [0.25, 0.3) is 0 Å². The number of ether oxygens (including phenoxy) is 4. The van der Waals surface area contributed by atoms with Crippen LogP contribution in [0, 0.1) is 11.6 Å². The summed E-state index contributed by atoms with van der Waals surface area (Å²) in [5.41, 5.74) is 3.43. The molecule has 330 valence electrons. The predicted octanol–water partition coefficient (Wildman–Crippen LogP) is 10.1. The molecule has 0 aliphatic rings. The van der Waals surface area contributed by atoms with Gasteiger partial charge in [-0.15, -0.1) is 0 Å². The fourth-order valence-corrected chi connectivity index (χ4v) is 7.40. The summed E-state index contributed by atoms with van der Waals surface area (Å²) in [5, 5.41) is 0. The Bertz CT molecular complexity index is 2590. The number of rotatable bonds is 17. The molecule has 0 aliphatic heterocycles. The lowest BCUT2D eigenvalue weighted by Gasteiger charge is -2.28. The highest BCUT2D eigenvalue weighted by Crippen LogP contribution is 2.31. The standard InChI is InChI=1S/C54H42F2N2O8/c55-43-29-25-37(26-30-43)35-57-33-13-23-45(57)51(59)65-49(53(61)63-47(39-15-5-1-6-16-39)40-17-7-2-8-18-40)50(54(62)64-48(41-19-9-3-10-20-41)42-21-11-4-12-22-42)66-52(60)46-24-14-34-58(46)36-38-27-31-44(56)32-28-38/h1-34,47-50H,35-36H2/t49-,50-/m1/s1. The van der Waals surface area contributed by atoms with E-state index in [1.165, 1.54) is 45.5 Å². The number of esters is 4. The minimum atomic E-state index is -2.26. The molecule has 0 N–H and O–H groups in total. The summed E-state index contributed by atoms with van der Waals surface area (Å²) >= 11 is 0. The zero-order valence-electron chi connectivity index (χ0n) is 35.3. The molecule has 12 heteroatoms. The molecule has 0 radical (unpaired) electrons. The van der Waals surface area contributed by atoms with E-state index in [1.54, 1.807) is 170 Å². The highest BCUT2D eigenvalue weighted by Gasteiger charge is 2.45. The summed E-state index contributed by atoms with van der Waals surface area (Å²) in [6.45, 7) is 0.219. The van der Waals surface area contributed by atoms with Crippen molar-refractivity contribution in [1.82, 2.24) is 9.13 Å². The van der Waals surface area contributed by atoms with Crippen LogP contribution >= 0.6 is 0 Å². The predicted molar refractivity (Wildman–Crippen MR) is 240 cm³/mol. The number of aromatic nitrogens is 2. The molecule has 8 aromatic rings. The molecule has 10 nitrogen and oxygen atoms in total. The third-order valence-electron chi connectivity index (χ3n) is 10.7. The molecule has 2 atom stereocenters. The van der Waals surface area contributed by atoms with Gasteiger partial charge in [-0.2, -0.15) is 0 Å². The van der Waals surface area contributed by atoms with Crippen LogP contribution in [0.1, 0.15) is 66.6 Å².